The Balaban J connectivity index is 0.00000102. The van der Waals surface area contributed by atoms with Gasteiger partial charge in [-0.2, -0.15) is 5.10 Å². The predicted molar refractivity (Wildman–Crippen MR) is 146 cm³/mol. The molecule has 3 aromatic heterocycles. The van der Waals surface area contributed by atoms with Gasteiger partial charge >= 0.3 is 0 Å². The minimum absolute atomic E-state index is 0.247. The largest absolute Gasteiger partial charge is 0.497 e. The zero-order valence-electron chi connectivity index (χ0n) is 22.0. The first-order valence-corrected chi connectivity index (χ1v) is 12.0. The number of hydrogen-bond acceptors (Lipinski definition) is 5. The third-order valence-corrected chi connectivity index (χ3v) is 6.12. The molecule has 0 aliphatic heterocycles. The van der Waals surface area contributed by atoms with E-state index in [-0.39, 0.29) is 5.82 Å². The lowest BCUT2D eigenvalue weighted by Gasteiger charge is -2.11. The Kier molecular flexibility index (Phi) is 7.89. The number of nitrogens with zero attached hydrogens (tertiary/aromatic N) is 3. The fourth-order valence-electron chi connectivity index (χ4n) is 4.44. The summed E-state index contributed by atoms with van der Waals surface area (Å²) in [5.74, 6) is 1.20. The molecule has 3 heterocycles. The summed E-state index contributed by atoms with van der Waals surface area (Å²) >= 11 is 0. The maximum absolute atomic E-state index is 13.7. The average Bonchev–Trinajstić information content (AvgIpc) is 3.42. The molecule has 192 valence electrons. The van der Waals surface area contributed by atoms with Gasteiger partial charge in [-0.15, -0.1) is 0 Å². The number of hydrogen-bond donors (Lipinski definition) is 2. The van der Waals surface area contributed by atoms with Crippen molar-refractivity contribution >= 4 is 11.0 Å². The van der Waals surface area contributed by atoms with E-state index in [0.717, 1.165) is 56.0 Å². The number of rotatable bonds is 6. The van der Waals surface area contributed by atoms with E-state index in [1.807, 2.05) is 69.3 Å². The molecule has 0 fully saturated rings. The van der Waals surface area contributed by atoms with E-state index >= 15 is 0 Å². The summed E-state index contributed by atoms with van der Waals surface area (Å²) in [5, 5.41) is 8.49. The molecule has 0 radical (unpaired) electrons. The zero-order valence-corrected chi connectivity index (χ0v) is 22.0. The summed E-state index contributed by atoms with van der Waals surface area (Å²) in [4.78, 5) is 7.94. The van der Waals surface area contributed by atoms with Gasteiger partial charge in [0.05, 0.1) is 26.5 Å². The molecular formula is C29H32FN5O2. The highest BCUT2D eigenvalue weighted by Crippen LogP contribution is 2.38. The van der Waals surface area contributed by atoms with Crippen LogP contribution in [0, 0.1) is 19.7 Å². The van der Waals surface area contributed by atoms with Crippen LogP contribution in [-0.4, -0.2) is 48.1 Å². The first-order chi connectivity index (χ1) is 17.9. The number of benzene rings is 2. The van der Waals surface area contributed by atoms with Gasteiger partial charge in [-0.05, 0) is 63.8 Å². The number of methoxy groups -OCH3 is 2. The van der Waals surface area contributed by atoms with E-state index in [1.165, 1.54) is 6.07 Å². The summed E-state index contributed by atoms with van der Waals surface area (Å²) in [6, 6.07) is 14.5. The van der Waals surface area contributed by atoms with Crippen LogP contribution in [0.4, 0.5) is 4.39 Å². The lowest BCUT2D eigenvalue weighted by molar-refractivity contribution is 0.395. The highest BCUT2D eigenvalue weighted by molar-refractivity contribution is 5.97. The first kappa shape index (κ1) is 25.9. The van der Waals surface area contributed by atoms with Crippen molar-refractivity contribution < 1.29 is 13.9 Å². The van der Waals surface area contributed by atoms with Gasteiger partial charge < -0.3 is 19.8 Å². The molecule has 0 saturated carbocycles. The lowest BCUT2D eigenvalue weighted by Crippen LogP contribution is -2.04. The van der Waals surface area contributed by atoms with Crippen molar-refractivity contribution in [2.75, 3.05) is 28.3 Å². The number of ether oxygens (including phenoxy) is 2. The normalized spacial score (nSPS) is 10.8. The van der Waals surface area contributed by atoms with Gasteiger partial charge in [-0.25, -0.2) is 9.37 Å². The fraction of sp³-hybridized carbons (Fsp3) is 0.241. The van der Waals surface area contributed by atoms with Crippen LogP contribution in [0.3, 0.4) is 0 Å². The van der Waals surface area contributed by atoms with Crippen LogP contribution in [0.25, 0.3) is 33.3 Å². The summed E-state index contributed by atoms with van der Waals surface area (Å²) < 4.78 is 26.5. The first-order valence-electron chi connectivity index (χ1n) is 12.0. The topological polar surface area (TPSA) is 77.0 Å². The van der Waals surface area contributed by atoms with Crippen molar-refractivity contribution in [2.24, 2.45) is 0 Å². The summed E-state index contributed by atoms with van der Waals surface area (Å²) in [6.45, 7) is 4.53. The molecule has 7 nitrogen and oxygen atoms in total. The number of halogens is 1. The summed E-state index contributed by atoms with van der Waals surface area (Å²) in [7, 11) is 7.03. The number of nitrogens with one attached hydrogen (secondary N) is 2. The molecule has 0 spiro atoms. The van der Waals surface area contributed by atoms with Crippen LogP contribution in [0.15, 0.2) is 60.9 Å². The Morgan fingerprint density at radius 2 is 1.78 bits per heavy atom. The Bertz CT molecular complexity index is 1520. The number of aromatic nitrogens is 4. The Morgan fingerprint density at radius 3 is 2.49 bits per heavy atom. The molecule has 2 aromatic carbocycles. The average molecular weight is 502 g/mol. The Morgan fingerprint density at radius 1 is 1.00 bits per heavy atom. The van der Waals surface area contributed by atoms with E-state index in [1.54, 1.807) is 26.4 Å². The third kappa shape index (κ3) is 5.34. The van der Waals surface area contributed by atoms with Crippen molar-refractivity contribution in [3.8, 4) is 33.8 Å². The Labute approximate surface area is 216 Å². The quantitative estimate of drug-likeness (QED) is 0.310. The molecule has 8 heteroatoms. The number of H-pyrrole nitrogens is 1. The number of aromatic amines is 1. The van der Waals surface area contributed by atoms with E-state index in [9.17, 15) is 4.39 Å². The molecule has 0 aliphatic carbocycles. The second-order valence-corrected chi connectivity index (χ2v) is 8.72. The number of aryl methyl sites for hydroxylation is 1. The minimum atomic E-state index is -0.247. The predicted octanol–water partition coefficient (Wildman–Crippen LogP) is 5.75. The van der Waals surface area contributed by atoms with E-state index in [0.29, 0.717) is 12.3 Å². The maximum Gasteiger partial charge on any atom is 0.137 e. The van der Waals surface area contributed by atoms with Gasteiger partial charge in [0.25, 0.3) is 0 Å². The van der Waals surface area contributed by atoms with Crippen molar-refractivity contribution in [1.29, 1.82) is 0 Å². The molecule has 0 saturated heterocycles. The van der Waals surface area contributed by atoms with E-state index in [4.69, 9.17) is 14.6 Å². The van der Waals surface area contributed by atoms with Crippen LogP contribution >= 0.6 is 0 Å². The smallest absolute Gasteiger partial charge is 0.137 e. The standard InChI is InChI=1S/C27H25FN4O2.C2H7N/c1-16-26(17(2)32(31-16)15-18-6-5-7-20(28)10-18)24-14-30-27-23(24)11-19(13-29-27)22-9-8-21(33-3)12-25(22)34-4;1-3-2/h5-14H,15H2,1-4H3,(H,29,30);3H,1-2H3. The Hall–Kier alpha value is -4.17. The lowest BCUT2D eigenvalue weighted by atomic mass is 10.0. The molecule has 0 aliphatic rings. The highest BCUT2D eigenvalue weighted by Gasteiger charge is 2.19. The molecule has 0 amide bonds. The van der Waals surface area contributed by atoms with Crippen LogP contribution in [-0.2, 0) is 6.54 Å². The molecule has 0 bridgehead atoms. The van der Waals surface area contributed by atoms with Crippen molar-refractivity contribution in [2.45, 2.75) is 20.4 Å². The minimum Gasteiger partial charge on any atom is -0.497 e. The van der Waals surface area contributed by atoms with Crippen molar-refractivity contribution in [3.05, 3.63) is 83.7 Å². The monoisotopic (exact) mass is 501 g/mol. The molecule has 2 N–H and O–H groups in total. The molecule has 5 aromatic rings. The SMILES string of the molecule is CNC.COc1ccc(-c2cnc3[nH]cc(-c4c(C)nn(Cc5cccc(F)c5)c4C)c3c2)c(OC)c1. The van der Waals surface area contributed by atoms with Crippen molar-refractivity contribution in [3.63, 3.8) is 0 Å². The number of fused-ring (bicyclic) bond motifs is 1. The molecule has 0 unspecified atom stereocenters. The maximum atomic E-state index is 13.7. The molecule has 37 heavy (non-hydrogen) atoms. The van der Waals surface area contributed by atoms with Gasteiger partial charge in [-0.1, -0.05) is 12.1 Å². The van der Waals surface area contributed by atoms with Crippen LogP contribution in [0.2, 0.25) is 0 Å². The number of pyridine rings is 1. The molecule has 0 atom stereocenters. The third-order valence-electron chi connectivity index (χ3n) is 6.12. The van der Waals surface area contributed by atoms with E-state index < -0.39 is 0 Å². The zero-order chi connectivity index (χ0) is 26.5. The van der Waals surface area contributed by atoms with Gasteiger partial charge in [0.2, 0.25) is 0 Å². The molecular weight excluding hydrogens is 469 g/mol. The highest BCUT2D eigenvalue weighted by atomic mass is 19.1. The summed E-state index contributed by atoms with van der Waals surface area (Å²) in [6.07, 6.45) is 3.80. The van der Waals surface area contributed by atoms with Gasteiger partial charge in [-0.3, -0.25) is 4.68 Å². The van der Waals surface area contributed by atoms with Crippen LogP contribution in [0.5, 0.6) is 11.5 Å². The van der Waals surface area contributed by atoms with Crippen LogP contribution < -0.4 is 14.8 Å². The second-order valence-electron chi connectivity index (χ2n) is 8.72. The fourth-order valence-corrected chi connectivity index (χ4v) is 4.44. The van der Waals surface area contributed by atoms with Crippen molar-refractivity contribution in [1.82, 2.24) is 25.1 Å². The van der Waals surface area contributed by atoms with Gasteiger partial charge in [0.15, 0.2) is 0 Å². The van der Waals surface area contributed by atoms with Gasteiger partial charge in [0.1, 0.15) is 23.0 Å². The summed E-state index contributed by atoms with van der Waals surface area (Å²) in [5.41, 5.74) is 7.52. The molecule has 5 rings (SSSR count). The van der Waals surface area contributed by atoms with Gasteiger partial charge in [0, 0.05) is 51.8 Å². The van der Waals surface area contributed by atoms with Crippen LogP contribution in [0.1, 0.15) is 17.0 Å². The second kappa shape index (κ2) is 11.3. The van der Waals surface area contributed by atoms with E-state index in [2.05, 4.69) is 21.4 Å².